The molecule has 2 aromatic rings. The van der Waals surface area contributed by atoms with Crippen LogP contribution in [0, 0.1) is 11.7 Å². The molecule has 0 spiro atoms. The average molecular weight is 440 g/mol. The zero-order valence-corrected chi connectivity index (χ0v) is 18.6. The third kappa shape index (κ3) is 5.93. The standard InChI is InChI=1S/C25H30FN3O3/c1-3-12-28-13-14-29(24(31)16-27-18(2)30)17-21(25(28)32)15-19-8-10-20(11-9-19)22-6-4-5-7-23(22)26/h4-11,21H,3,12-17H2,1-2H3,(H,27,30)/t21-/m0/s1. The number of nitrogens with one attached hydrogen (secondary N) is 1. The van der Waals surface area contributed by atoms with E-state index >= 15 is 0 Å². The summed E-state index contributed by atoms with van der Waals surface area (Å²) in [6, 6.07) is 14.2. The van der Waals surface area contributed by atoms with Crippen molar-refractivity contribution in [3.05, 3.63) is 59.9 Å². The molecular weight excluding hydrogens is 409 g/mol. The summed E-state index contributed by atoms with van der Waals surface area (Å²) in [5.74, 6) is -1.05. The molecule has 1 saturated heterocycles. The Hall–Kier alpha value is -3.22. The molecule has 1 atom stereocenters. The van der Waals surface area contributed by atoms with Crippen molar-refractivity contribution in [2.45, 2.75) is 26.7 Å². The number of hydrogen-bond acceptors (Lipinski definition) is 3. The molecule has 1 heterocycles. The molecule has 32 heavy (non-hydrogen) atoms. The molecule has 2 aromatic carbocycles. The van der Waals surface area contributed by atoms with Gasteiger partial charge in [0.1, 0.15) is 5.82 Å². The van der Waals surface area contributed by atoms with Gasteiger partial charge >= 0.3 is 0 Å². The highest BCUT2D eigenvalue weighted by Gasteiger charge is 2.32. The Labute approximate surface area is 188 Å². The molecule has 3 amide bonds. The summed E-state index contributed by atoms with van der Waals surface area (Å²) in [6.07, 6.45) is 1.33. The zero-order valence-electron chi connectivity index (χ0n) is 18.6. The lowest BCUT2D eigenvalue weighted by molar-refractivity contribution is -0.135. The number of amides is 3. The molecule has 0 radical (unpaired) electrons. The third-order valence-corrected chi connectivity index (χ3v) is 5.70. The van der Waals surface area contributed by atoms with E-state index in [4.69, 9.17) is 0 Å². The predicted octanol–water partition coefficient (Wildman–Crippen LogP) is 2.87. The van der Waals surface area contributed by atoms with Crippen LogP contribution in [0.3, 0.4) is 0 Å². The SMILES string of the molecule is CCCN1CCN(C(=O)CNC(C)=O)C[C@H](Cc2ccc(-c3ccccc3F)cc2)C1=O. The largest absolute Gasteiger partial charge is 0.347 e. The van der Waals surface area contributed by atoms with E-state index in [1.54, 1.807) is 23.1 Å². The maximum atomic E-state index is 14.1. The summed E-state index contributed by atoms with van der Waals surface area (Å²) in [6.45, 7) is 5.22. The van der Waals surface area contributed by atoms with Gasteiger partial charge in [0.15, 0.2) is 0 Å². The molecule has 0 aromatic heterocycles. The molecular formula is C25H30FN3O3. The van der Waals surface area contributed by atoms with Gasteiger partial charge in [-0.05, 0) is 30.0 Å². The second kappa shape index (κ2) is 10.9. The van der Waals surface area contributed by atoms with E-state index in [0.29, 0.717) is 38.2 Å². The van der Waals surface area contributed by atoms with Gasteiger partial charge < -0.3 is 15.1 Å². The first-order valence-electron chi connectivity index (χ1n) is 11.0. The lowest BCUT2D eigenvalue weighted by atomic mass is 9.95. The number of hydrogen-bond donors (Lipinski definition) is 1. The van der Waals surface area contributed by atoms with Gasteiger partial charge in [-0.15, -0.1) is 0 Å². The minimum atomic E-state index is -0.371. The molecule has 0 bridgehead atoms. The van der Waals surface area contributed by atoms with Crippen molar-refractivity contribution in [3.63, 3.8) is 0 Å². The Balaban J connectivity index is 1.76. The van der Waals surface area contributed by atoms with Crippen molar-refractivity contribution >= 4 is 17.7 Å². The number of carbonyl (C=O) groups is 3. The van der Waals surface area contributed by atoms with E-state index in [1.165, 1.54) is 13.0 Å². The fraction of sp³-hybridized carbons (Fsp3) is 0.400. The summed E-state index contributed by atoms with van der Waals surface area (Å²) in [7, 11) is 0. The Morgan fingerprint density at radius 2 is 1.81 bits per heavy atom. The molecule has 0 saturated carbocycles. The van der Waals surface area contributed by atoms with E-state index < -0.39 is 0 Å². The molecule has 1 N–H and O–H groups in total. The first-order chi connectivity index (χ1) is 15.4. The molecule has 170 valence electrons. The summed E-state index contributed by atoms with van der Waals surface area (Å²) >= 11 is 0. The van der Waals surface area contributed by atoms with Crippen LogP contribution < -0.4 is 5.32 Å². The van der Waals surface area contributed by atoms with Crippen molar-refractivity contribution < 1.29 is 18.8 Å². The summed E-state index contributed by atoms with van der Waals surface area (Å²) in [5, 5.41) is 2.54. The fourth-order valence-electron chi connectivity index (χ4n) is 4.03. The van der Waals surface area contributed by atoms with Gasteiger partial charge in [-0.3, -0.25) is 14.4 Å². The minimum Gasteiger partial charge on any atom is -0.347 e. The molecule has 1 fully saturated rings. The van der Waals surface area contributed by atoms with Crippen molar-refractivity contribution in [2.75, 3.05) is 32.7 Å². The molecule has 0 unspecified atom stereocenters. The van der Waals surface area contributed by atoms with Gasteiger partial charge in [0.05, 0.1) is 12.5 Å². The van der Waals surface area contributed by atoms with Crippen LogP contribution in [0.2, 0.25) is 0 Å². The predicted molar refractivity (Wildman–Crippen MR) is 121 cm³/mol. The maximum absolute atomic E-state index is 14.1. The number of halogens is 1. The van der Waals surface area contributed by atoms with E-state index in [0.717, 1.165) is 17.5 Å². The quantitative estimate of drug-likeness (QED) is 0.721. The molecule has 1 aliphatic heterocycles. The van der Waals surface area contributed by atoms with Crippen molar-refractivity contribution in [2.24, 2.45) is 5.92 Å². The lowest BCUT2D eigenvalue weighted by Crippen LogP contribution is -2.42. The van der Waals surface area contributed by atoms with Crippen LogP contribution in [0.15, 0.2) is 48.5 Å². The molecule has 6 nitrogen and oxygen atoms in total. The van der Waals surface area contributed by atoms with Crippen LogP contribution in [-0.4, -0.2) is 60.2 Å². The third-order valence-electron chi connectivity index (χ3n) is 5.70. The van der Waals surface area contributed by atoms with Crippen LogP contribution in [0.25, 0.3) is 11.1 Å². The monoisotopic (exact) mass is 439 g/mol. The van der Waals surface area contributed by atoms with Crippen LogP contribution in [0.1, 0.15) is 25.8 Å². The van der Waals surface area contributed by atoms with Gasteiger partial charge in [-0.2, -0.15) is 0 Å². The van der Waals surface area contributed by atoms with E-state index in [9.17, 15) is 18.8 Å². The number of nitrogens with zero attached hydrogens (tertiary/aromatic N) is 2. The Bertz CT molecular complexity index is 961. The highest BCUT2D eigenvalue weighted by Crippen LogP contribution is 2.24. The van der Waals surface area contributed by atoms with Crippen LogP contribution in [0.4, 0.5) is 4.39 Å². The van der Waals surface area contributed by atoms with Crippen LogP contribution >= 0.6 is 0 Å². The number of benzene rings is 2. The van der Waals surface area contributed by atoms with E-state index in [-0.39, 0.29) is 36.0 Å². The zero-order chi connectivity index (χ0) is 23.1. The van der Waals surface area contributed by atoms with Crippen molar-refractivity contribution in [3.8, 4) is 11.1 Å². The summed E-state index contributed by atoms with van der Waals surface area (Å²) in [4.78, 5) is 40.4. The number of rotatable bonds is 7. The normalized spacial score (nSPS) is 16.6. The van der Waals surface area contributed by atoms with Gasteiger partial charge in [0, 0.05) is 38.7 Å². The fourth-order valence-corrected chi connectivity index (χ4v) is 4.03. The van der Waals surface area contributed by atoms with E-state index in [1.807, 2.05) is 36.1 Å². The van der Waals surface area contributed by atoms with Gasteiger partial charge in [-0.1, -0.05) is 49.4 Å². The van der Waals surface area contributed by atoms with Gasteiger partial charge in [0.2, 0.25) is 17.7 Å². The summed E-state index contributed by atoms with van der Waals surface area (Å²) in [5.41, 5.74) is 2.27. The lowest BCUT2D eigenvalue weighted by Gasteiger charge is -2.24. The Morgan fingerprint density at radius 3 is 2.47 bits per heavy atom. The van der Waals surface area contributed by atoms with Crippen LogP contribution in [0.5, 0.6) is 0 Å². The highest BCUT2D eigenvalue weighted by molar-refractivity contribution is 5.85. The average Bonchev–Trinajstić information content (AvgIpc) is 2.93. The summed E-state index contributed by atoms with van der Waals surface area (Å²) < 4.78 is 14.1. The highest BCUT2D eigenvalue weighted by atomic mass is 19.1. The first-order valence-corrected chi connectivity index (χ1v) is 11.0. The Kier molecular flexibility index (Phi) is 7.98. The minimum absolute atomic E-state index is 0.0415. The van der Waals surface area contributed by atoms with Gasteiger partial charge in [-0.25, -0.2) is 4.39 Å². The van der Waals surface area contributed by atoms with Crippen LogP contribution in [-0.2, 0) is 20.8 Å². The Morgan fingerprint density at radius 1 is 1.09 bits per heavy atom. The van der Waals surface area contributed by atoms with Crippen molar-refractivity contribution in [1.82, 2.24) is 15.1 Å². The molecule has 3 rings (SSSR count). The number of carbonyl (C=O) groups excluding carboxylic acids is 3. The smallest absolute Gasteiger partial charge is 0.242 e. The second-order valence-corrected chi connectivity index (χ2v) is 8.15. The van der Waals surface area contributed by atoms with E-state index in [2.05, 4.69) is 5.32 Å². The van der Waals surface area contributed by atoms with Gasteiger partial charge in [0.25, 0.3) is 0 Å². The molecule has 0 aliphatic carbocycles. The first kappa shape index (κ1) is 23.4. The molecule has 1 aliphatic rings. The topological polar surface area (TPSA) is 69.7 Å². The molecule has 7 heteroatoms. The maximum Gasteiger partial charge on any atom is 0.242 e. The van der Waals surface area contributed by atoms with Crippen molar-refractivity contribution in [1.29, 1.82) is 0 Å². The second-order valence-electron chi connectivity index (χ2n) is 8.15.